The summed E-state index contributed by atoms with van der Waals surface area (Å²) in [5.41, 5.74) is 2.63. The average Bonchev–Trinajstić information content (AvgIpc) is 2.58. The number of ketones is 1. The van der Waals surface area contributed by atoms with E-state index in [4.69, 9.17) is 0 Å². The summed E-state index contributed by atoms with van der Waals surface area (Å²) in [6.45, 7) is 10.1. The van der Waals surface area contributed by atoms with Gasteiger partial charge in [0.25, 0.3) is 0 Å². The molecule has 1 spiro atoms. The monoisotopic (exact) mass is 356 g/mol. The number of carbonyl (C=O) groups is 2. The topological polar surface area (TPSA) is 49.4 Å². The van der Waals surface area contributed by atoms with E-state index in [2.05, 4.69) is 34.5 Å². The summed E-state index contributed by atoms with van der Waals surface area (Å²) in [6.07, 6.45) is 4.29. The molecular formula is C22H32N2O2. The van der Waals surface area contributed by atoms with Crippen LogP contribution in [-0.2, 0) is 15.0 Å². The Morgan fingerprint density at radius 3 is 2.42 bits per heavy atom. The zero-order valence-corrected chi connectivity index (χ0v) is 16.6. The van der Waals surface area contributed by atoms with Gasteiger partial charge in [-0.2, -0.15) is 0 Å². The number of hydrogen-bond acceptors (Lipinski definition) is 3. The first-order valence-corrected chi connectivity index (χ1v) is 9.83. The van der Waals surface area contributed by atoms with Crippen LogP contribution in [0.3, 0.4) is 0 Å². The maximum absolute atomic E-state index is 12.4. The Bertz CT molecular complexity index is 682. The maximum atomic E-state index is 12.4. The van der Waals surface area contributed by atoms with Crippen molar-refractivity contribution < 1.29 is 9.59 Å². The lowest BCUT2D eigenvalue weighted by Crippen LogP contribution is -2.48. The molecule has 1 heterocycles. The van der Waals surface area contributed by atoms with Crippen LogP contribution in [0.2, 0.25) is 0 Å². The van der Waals surface area contributed by atoms with Crippen molar-refractivity contribution in [1.29, 1.82) is 0 Å². The first-order valence-electron chi connectivity index (χ1n) is 9.83. The van der Waals surface area contributed by atoms with Gasteiger partial charge in [-0.1, -0.05) is 45.0 Å². The summed E-state index contributed by atoms with van der Waals surface area (Å²) < 4.78 is 0. The van der Waals surface area contributed by atoms with Gasteiger partial charge >= 0.3 is 0 Å². The molecule has 4 nitrogen and oxygen atoms in total. The molecule has 26 heavy (non-hydrogen) atoms. The fraction of sp³-hybridized carbons (Fsp3) is 0.636. The molecule has 4 heteroatoms. The summed E-state index contributed by atoms with van der Waals surface area (Å²) in [5.74, 6) is 0.361. The lowest BCUT2D eigenvalue weighted by atomic mass is 9.63. The van der Waals surface area contributed by atoms with Gasteiger partial charge in [-0.05, 0) is 55.3 Å². The Labute approximate surface area is 157 Å². The number of rotatable bonds is 3. The number of benzene rings is 1. The molecule has 1 N–H and O–H groups in total. The van der Waals surface area contributed by atoms with Gasteiger partial charge in [0.1, 0.15) is 0 Å². The first kappa shape index (κ1) is 19.1. The third-order valence-corrected chi connectivity index (χ3v) is 6.21. The van der Waals surface area contributed by atoms with E-state index in [-0.39, 0.29) is 22.8 Å². The van der Waals surface area contributed by atoms with Gasteiger partial charge in [0.2, 0.25) is 5.91 Å². The smallest absolute Gasteiger partial charge is 0.217 e. The highest BCUT2D eigenvalue weighted by Crippen LogP contribution is 2.47. The number of nitrogens with zero attached hydrogens (tertiary/aromatic N) is 1. The van der Waals surface area contributed by atoms with Crippen LogP contribution in [0.4, 0.5) is 0 Å². The third kappa shape index (κ3) is 3.85. The molecule has 1 aliphatic carbocycles. The van der Waals surface area contributed by atoms with Crippen LogP contribution in [0.25, 0.3) is 0 Å². The zero-order valence-electron chi connectivity index (χ0n) is 16.6. The molecule has 0 saturated carbocycles. The molecule has 1 amide bonds. The van der Waals surface area contributed by atoms with Crippen LogP contribution in [0.15, 0.2) is 24.3 Å². The minimum Gasteiger partial charge on any atom is -0.350 e. The van der Waals surface area contributed by atoms with Crippen molar-refractivity contribution in [2.24, 2.45) is 5.41 Å². The molecule has 0 aromatic heterocycles. The van der Waals surface area contributed by atoms with Gasteiger partial charge in [0.05, 0.1) is 12.6 Å². The number of amides is 1. The number of piperidine rings is 1. The van der Waals surface area contributed by atoms with Crippen molar-refractivity contribution in [3.63, 3.8) is 0 Å². The van der Waals surface area contributed by atoms with E-state index in [0.29, 0.717) is 12.3 Å². The second-order valence-corrected chi connectivity index (χ2v) is 9.11. The molecule has 1 fully saturated rings. The maximum Gasteiger partial charge on any atom is 0.217 e. The van der Waals surface area contributed by atoms with Gasteiger partial charge in [0.15, 0.2) is 5.78 Å². The number of Topliss-reactive ketones (excluding diaryl/α,β-unsaturated/α-hetero) is 1. The van der Waals surface area contributed by atoms with Gasteiger partial charge in [-0.25, -0.2) is 0 Å². The van der Waals surface area contributed by atoms with E-state index in [1.807, 2.05) is 20.8 Å². The SMILES string of the molecule is CC(=O)N[C@H]1CCC2(CCN(CC(=O)C(C)(C)C)CC2)c2ccccc21. The molecule has 1 atom stereocenters. The summed E-state index contributed by atoms with van der Waals surface area (Å²) in [4.78, 5) is 26.3. The molecule has 3 rings (SSSR count). The van der Waals surface area contributed by atoms with Gasteiger partial charge in [0, 0.05) is 12.3 Å². The van der Waals surface area contributed by atoms with E-state index in [9.17, 15) is 9.59 Å². The minimum absolute atomic E-state index is 0.0382. The fourth-order valence-corrected chi connectivity index (χ4v) is 4.49. The second kappa shape index (κ2) is 7.15. The molecular weight excluding hydrogens is 324 g/mol. The van der Waals surface area contributed by atoms with E-state index in [0.717, 1.165) is 38.8 Å². The largest absolute Gasteiger partial charge is 0.350 e. The normalized spacial score (nSPS) is 22.7. The molecule has 1 aromatic carbocycles. The summed E-state index contributed by atoms with van der Waals surface area (Å²) in [7, 11) is 0. The highest BCUT2D eigenvalue weighted by Gasteiger charge is 2.42. The van der Waals surface area contributed by atoms with Gasteiger partial charge in [-0.3, -0.25) is 14.5 Å². The van der Waals surface area contributed by atoms with E-state index in [1.165, 1.54) is 11.1 Å². The lowest BCUT2D eigenvalue weighted by Gasteiger charge is -2.47. The van der Waals surface area contributed by atoms with Crippen molar-refractivity contribution in [3.8, 4) is 0 Å². The number of likely N-dealkylation sites (tertiary alicyclic amines) is 1. The Hall–Kier alpha value is -1.68. The Morgan fingerprint density at radius 2 is 1.81 bits per heavy atom. The summed E-state index contributed by atoms with van der Waals surface area (Å²) in [5, 5.41) is 3.12. The summed E-state index contributed by atoms with van der Waals surface area (Å²) in [6, 6.07) is 8.75. The lowest BCUT2D eigenvalue weighted by molar-refractivity contribution is -0.127. The highest BCUT2D eigenvalue weighted by molar-refractivity contribution is 5.85. The van der Waals surface area contributed by atoms with Crippen LogP contribution in [-0.4, -0.2) is 36.2 Å². The highest BCUT2D eigenvalue weighted by atomic mass is 16.1. The van der Waals surface area contributed by atoms with Crippen LogP contribution >= 0.6 is 0 Å². The Kier molecular flexibility index (Phi) is 5.25. The third-order valence-electron chi connectivity index (χ3n) is 6.21. The molecule has 1 saturated heterocycles. The van der Waals surface area contributed by atoms with E-state index < -0.39 is 0 Å². The number of fused-ring (bicyclic) bond motifs is 2. The van der Waals surface area contributed by atoms with Crippen LogP contribution in [0.1, 0.15) is 70.5 Å². The molecule has 2 aliphatic rings. The van der Waals surface area contributed by atoms with Crippen molar-refractivity contribution in [3.05, 3.63) is 35.4 Å². The van der Waals surface area contributed by atoms with Crippen molar-refractivity contribution in [2.45, 2.75) is 64.8 Å². The molecule has 142 valence electrons. The fourth-order valence-electron chi connectivity index (χ4n) is 4.49. The Morgan fingerprint density at radius 1 is 1.15 bits per heavy atom. The van der Waals surface area contributed by atoms with Gasteiger partial charge < -0.3 is 5.32 Å². The van der Waals surface area contributed by atoms with Crippen molar-refractivity contribution in [2.75, 3.05) is 19.6 Å². The van der Waals surface area contributed by atoms with E-state index in [1.54, 1.807) is 6.92 Å². The predicted molar refractivity (Wildman–Crippen MR) is 104 cm³/mol. The predicted octanol–water partition coefficient (Wildman–Crippen LogP) is 3.61. The van der Waals surface area contributed by atoms with Crippen molar-refractivity contribution in [1.82, 2.24) is 10.2 Å². The van der Waals surface area contributed by atoms with Gasteiger partial charge in [-0.15, -0.1) is 0 Å². The van der Waals surface area contributed by atoms with Crippen LogP contribution in [0, 0.1) is 5.41 Å². The van der Waals surface area contributed by atoms with E-state index >= 15 is 0 Å². The second-order valence-electron chi connectivity index (χ2n) is 9.11. The van der Waals surface area contributed by atoms with Crippen molar-refractivity contribution >= 4 is 11.7 Å². The van der Waals surface area contributed by atoms with Crippen LogP contribution < -0.4 is 5.32 Å². The standard InChI is InChI=1S/C22H32N2O2/c1-16(25)23-19-9-10-22(18-8-6-5-7-17(18)19)11-13-24(14-12-22)15-20(26)21(2,3)4/h5-8,19H,9-15H2,1-4H3,(H,23,25)/t19-/m0/s1. The average molecular weight is 357 g/mol. The Balaban J connectivity index is 1.74. The van der Waals surface area contributed by atoms with Crippen LogP contribution in [0.5, 0.6) is 0 Å². The molecule has 0 bridgehead atoms. The minimum atomic E-state index is -0.266. The number of nitrogens with one attached hydrogen (secondary N) is 1. The molecule has 0 unspecified atom stereocenters. The quantitative estimate of drug-likeness (QED) is 0.900. The molecule has 1 aliphatic heterocycles. The first-order chi connectivity index (χ1) is 12.2. The number of carbonyl (C=O) groups excluding carboxylic acids is 2. The molecule has 0 radical (unpaired) electrons. The number of hydrogen-bond donors (Lipinski definition) is 1. The summed E-state index contributed by atoms with van der Waals surface area (Å²) >= 11 is 0. The zero-order chi connectivity index (χ0) is 18.9. The molecule has 1 aromatic rings.